The Morgan fingerprint density at radius 1 is 1.20 bits per heavy atom. The number of hydrogen-bond donors (Lipinski definition) is 2. The van der Waals surface area contributed by atoms with Crippen molar-refractivity contribution in [1.82, 2.24) is 10.8 Å². The summed E-state index contributed by atoms with van der Waals surface area (Å²) in [5.74, 6) is 0.707. The molecule has 3 atom stereocenters. The topological polar surface area (TPSA) is 33.3 Å². The van der Waals surface area contributed by atoms with Gasteiger partial charge in [-0.05, 0) is 50.5 Å². The smallest absolute Gasteiger partial charge is 0.0708 e. The van der Waals surface area contributed by atoms with E-state index in [-0.39, 0.29) is 0 Å². The molecule has 0 aliphatic carbocycles. The summed E-state index contributed by atoms with van der Waals surface area (Å²) in [6, 6.07) is 1.34. The van der Waals surface area contributed by atoms with Gasteiger partial charge in [0, 0.05) is 12.1 Å². The van der Waals surface area contributed by atoms with Gasteiger partial charge >= 0.3 is 0 Å². The monoisotopic (exact) mass is 284 g/mol. The van der Waals surface area contributed by atoms with Crippen LogP contribution in [0.3, 0.4) is 0 Å². The average molecular weight is 284 g/mol. The van der Waals surface area contributed by atoms with Crippen LogP contribution in [-0.4, -0.2) is 25.2 Å². The molecule has 0 radical (unpaired) electrons. The normalized spacial score (nSPS) is 31.4. The summed E-state index contributed by atoms with van der Waals surface area (Å²) in [6.45, 7) is 13.5. The first-order valence-electron chi connectivity index (χ1n) is 8.53. The second-order valence-corrected chi connectivity index (χ2v) is 7.54. The van der Waals surface area contributed by atoms with Crippen LogP contribution in [0.5, 0.6) is 0 Å². The van der Waals surface area contributed by atoms with Crippen molar-refractivity contribution >= 4 is 0 Å². The summed E-state index contributed by atoms with van der Waals surface area (Å²) in [7, 11) is 0. The third kappa shape index (κ3) is 7.61. The lowest BCUT2D eigenvalue weighted by atomic mass is 9.81. The first kappa shape index (κ1) is 17.9. The van der Waals surface area contributed by atoms with Gasteiger partial charge in [0.05, 0.1) is 6.61 Å². The van der Waals surface area contributed by atoms with Gasteiger partial charge in [0.2, 0.25) is 0 Å². The van der Waals surface area contributed by atoms with Crippen molar-refractivity contribution in [3.05, 3.63) is 0 Å². The molecule has 3 unspecified atom stereocenters. The minimum Gasteiger partial charge on any atom is -0.314 e. The van der Waals surface area contributed by atoms with Crippen LogP contribution in [-0.2, 0) is 4.84 Å². The molecule has 0 spiro atoms. The standard InChI is InChI=1S/C11H23NO.C6H13N/c1-5-11(3,4)7-10-6-9(2)8-13-12-10;1-6-4-2-3-5-7-6/h9-10,12H,5-8H2,1-4H3;6-7H,2-5H2,1H3. The van der Waals surface area contributed by atoms with Crippen LogP contribution in [0.2, 0.25) is 0 Å². The molecule has 0 aromatic carbocycles. The van der Waals surface area contributed by atoms with Crippen molar-refractivity contribution in [2.75, 3.05) is 13.2 Å². The molecule has 2 aliphatic rings. The molecule has 0 bridgehead atoms. The number of rotatable bonds is 3. The first-order chi connectivity index (χ1) is 9.43. The molecule has 0 aromatic heterocycles. The molecular formula is C17H36N2O. The van der Waals surface area contributed by atoms with Gasteiger partial charge in [-0.25, -0.2) is 0 Å². The zero-order chi connectivity index (χ0) is 15.0. The lowest BCUT2D eigenvalue weighted by Crippen LogP contribution is -2.40. The molecule has 2 fully saturated rings. The lowest BCUT2D eigenvalue weighted by molar-refractivity contribution is -0.0541. The van der Waals surface area contributed by atoms with Crippen LogP contribution in [0.4, 0.5) is 0 Å². The van der Waals surface area contributed by atoms with Gasteiger partial charge in [-0.3, -0.25) is 0 Å². The Morgan fingerprint density at radius 3 is 2.40 bits per heavy atom. The summed E-state index contributed by atoms with van der Waals surface area (Å²) < 4.78 is 0. The maximum Gasteiger partial charge on any atom is 0.0708 e. The highest BCUT2D eigenvalue weighted by molar-refractivity contribution is 4.78. The van der Waals surface area contributed by atoms with Gasteiger partial charge < -0.3 is 10.2 Å². The van der Waals surface area contributed by atoms with Crippen molar-refractivity contribution in [2.24, 2.45) is 11.3 Å². The third-order valence-electron chi connectivity index (χ3n) is 4.62. The van der Waals surface area contributed by atoms with E-state index in [1.807, 2.05) is 0 Å². The molecule has 2 rings (SSSR count). The fourth-order valence-corrected chi connectivity index (χ4v) is 2.87. The molecule has 0 aromatic rings. The molecule has 0 saturated carbocycles. The number of piperidine rings is 1. The van der Waals surface area contributed by atoms with Crippen LogP contribution in [0.15, 0.2) is 0 Å². The van der Waals surface area contributed by atoms with E-state index in [1.165, 1.54) is 45.1 Å². The van der Waals surface area contributed by atoms with Crippen molar-refractivity contribution in [3.63, 3.8) is 0 Å². The summed E-state index contributed by atoms with van der Waals surface area (Å²) in [5.41, 5.74) is 3.58. The van der Waals surface area contributed by atoms with Crippen LogP contribution in [0.25, 0.3) is 0 Å². The Labute approximate surface area is 126 Å². The van der Waals surface area contributed by atoms with E-state index in [0.29, 0.717) is 17.4 Å². The van der Waals surface area contributed by atoms with Crippen LogP contribution in [0, 0.1) is 11.3 Å². The van der Waals surface area contributed by atoms with Gasteiger partial charge in [-0.1, -0.05) is 40.5 Å². The molecule has 3 nitrogen and oxygen atoms in total. The Kier molecular flexibility index (Phi) is 8.08. The van der Waals surface area contributed by atoms with E-state index in [9.17, 15) is 0 Å². The third-order valence-corrected chi connectivity index (χ3v) is 4.62. The predicted molar refractivity (Wildman–Crippen MR) is 86.7 cm³/mol. The second-order valence-electron chi connectivity index (χ2n) is 7.54. The Morgan fingerprint density at radius 2 is 1.95 bits per heavy atom. The molecule has 2 aliphatic heterocycles. The summed E-state index contributed by atoms with van der Waals surface area (Å²) in [5, 5.41) is 3.38. The Bertz CT molecular complexity index is 249. The average Bonchev–Trinajstić information content (AvgIpc) is 2.40. The van der Waals surface area contributed by atoms with Crippen LogP contribution in [0.1, 0.15) is 73.1 Å². The molecule has 2 saturated heterocycles. The van der Waals surface area contributed by atoms with Gasteiger partial charge in [-0.2, -0.15) is 5.48 Å². The van der Waals surface area contributed by atoms with E-state index in [2.05, 4.69) is 45.4 Å². The van der Waals surface area contributed by atoms with E-state index in [0.717, 1.165) is 12.6 Å². The zero-order valence-corrected chi connectivity index (χ0v) is 14.3. The second kappa shape index (κ2) is 9.01. The zero-order valence-electron chi connectivity index (χ0n) is 14.3. The first-order valence-corrected chi connectivity index (χ1v) is 8.53. The van der Waals surface area contributed by atoms with Crippen LogP contribution >= 0.6 is 0 Å². The number of nitrogens with one attached hydrogen (secondary N) is 2. The van der Waals surface area contributed by atoms with Crippen molar-refractivity contribution in [2.45, 2.75) is 85.2 Å². The molecule has 3 heteroatoms. The van der Waals surface area contributed by atoms with Gasteiger partial charge in [0.25, 0.3) is 0 Å². The quantitative estimate of drug-likeness (QED) is 0.825. The Balaban J connectivity index is 0.000000240. The minimum absolute atomic E-state index is 0.443. The van der Waals surface area contributed by atoms with Crippen molar-refractivity contribution in [3.8, 4) is 0 Å². The molecular weight excluding hydrogens is 248 g/mol. The summed E-state index contributed by atoms with van der Waals surface area (Å²) in [6.07, 6.45) is 7.88. The highest BCUT2D eigenvalue weighted by atomic mass is 16.6. The Hall–Kier alpha value is -0.120. The SMILES string of the molecule is CC1CCCCN1.CCC(C)(C)CC1CC(C)CON1. The highest BCUT2D eigenvalue weighted by Crippen LogP contribution is 2.29. The fourth-order valence-electron chi connectivity index (χ4n) is 2.87. The lowest BCUT2D eigenvalue weighted by Gasteiger charge is -2.33. The maximum absolute atomic E-state index is 5.33. The van der Waals surface area contributed by atoms with Gasteiger partial charge in [0.1, 0.15) is 0 Å². The van der Waals surface area contributed by atoms with Crippen molar-refractivity contribution in [1.29, 1.82) is 0 Å². The molecule has 2 N–H and O–H groups in total. The minimum atomic E-state index is 0.443. The highest BCUT2D eigenvalue weighted by Gasteiger charge is 2.25. The maximum atomic E-state index is 5.33. The predicted octanol–water partition coefficient (Wildman–Crippen LogP) is 3.89. The van der Waals surface area contributed by atoms with Gasteiger partial charge in [0.15, 0.2) is 0 Å². The van der Waals surface area contributed by atoms with Gasteiger partial charge in [-0.15, -0.1) is 0 Å². The molecule has 20 heavy (non-hydrogen) atoms. The summed E-state index contributed by atoms with van der Waals surface area (Å²) >= 11 is 0. The number of hydroxylamine groups is 1. The molecule has 2 heterocycles. The largest absolute Gasteiger partial charge is 0.314 e. The molecule has 0 amide bonds. The van der Waals surface area contributed by atoms with Crippen molar-refractivity contribution < 1.29 is 4.84 Å². The van der Waals surface area contributed by atoms with E-state index >= 15 is 0 Å². The van der Waals surface area contributed by atoms with E-state index < -0.39 is 0 Å². The molecule has 120 valence electrons. The van der Waals surface area contributed by atoms with E-state index in [1.54, 1.807) is 0 Å². The van der Waals surface area contributed by atoms with E-state index in [4.69, 9.17) is 4.84 Å². The van der Waals surface area contributed by atoms with Crippen LogP contribution < -0.4 is 10.8 Å². The number of hydrogen-bond acceptors (Lipinski definition) is 3. The summed E-state index contributed by atoms with van der Waals surface area (Å²) in [4.78, 5) is 5.33. The fraction of sp³-hybridized carbons (Fsp3) is 1.00.